The largest absolute Gasteiger partial charge is 0.314 e. The Kier molecular flexibility index (Phi) is 4.19. The second kappa shape index (κ2) is 5.86. The van der Waals surface area contributed by atoms with Crippen LogP contribution in [-0.4, -0.2) is 30.6 Å². The number of piperazine rings is 1. The molecule has 0 spiro atoms. The van der Waals surface area contributed by atoms with Crippen molar-refractivity contribution >= 4 is 0 Å². The number of terminal acetylenes is 1. The Morgan fingerprint density at radius 3 is 2.94 bits per heavy atom. The molecule has 2 nitrogen and oxygen atoms in total. The minimum absolute atomic E-state index is 0.451. The van der Waals surface area contributed by atoms with Crippen LogP contribution in [0.2, 0.25) is 0 Å². The van der Waals surface area contributed by atoms with Crippen LogP contribution in [0, 0.1) is 12.3 Å². The molecule has 0 amide bonds. The molecule has 2 unspecified atom stereocenters. The third-order valence-corrected chi connectivity index (χ3v) is 3.45. The molecule has 2 rings (SSSR count). The highest BCUT2D eigenvalue weighted by molar-refractivity contribution is 5.20. The maximum Gasteiger partial charge on any atom is 0.0476 e. The van der Waals surface area contributed by atoms with Gasteiger partial charge in [0.05, 0.1) is 0 Å². The summed E-state index contributed by atoms with van der Waals surface area (Å²) in [5, 5.41) is 3.47. The molecule has 2 atom stereocenters. The smallest absolute Gasteiger partial charge is 0.0476 e. The predicted octanol–water partition coefficient (Wildman–Crippen LogP) is 2.04. The summed E-state index contributed by atoms with van der Waals surface area (Å²) in [5.41, 5.74) is 1.38. The quantitative estimate of drug-likeness (QED) is 0.797. The van der Waals surface area contributed by atoms with Crippen LogP contribution in [0.5, 0.6) is 0 Å². The molecule has 1 N–H and O–H groups in total. The van der Waals surface area contributed by atoms with Gasteiger partial charge in [0.25, 0.3) is 0 Å². The van der Waals surface area contributed by atoms with E-state index in [9.17, 15) is 0 Å². The number of hydrogen-bond acceptors (Lipinski definition) is 2. The topological polar surface area (TPSA) is 15.3 Å². The molecule has 1 saturated heterocycles. The van der Waals surface area contributed by atoms with Gasteiger partial charge in [-0.2, -0.15) is 0 Å². The maximum atomic E-state index is 5.43. The van der Waals surface area contributed by atoms with Crippen LogP contribution in [0.15, 0.2) is 30.3 Å². The van der Waals surface area contributed by atoms with Gasteiger partial charge in [0.15, 0.2) is 0 Å². The lowest BCUT2D eigenvalue weighted by atomic mass is 10.0. The molecule has 0 aliphatic carbocycles. The first-order chi connectivity index (χ1) is 8.33. The van der Waals surface area contributed by atoms with Gasteiger partial charge >= 0.3 is 0 Å². The van der Waals surface area contributed by atoms with Crippen LogP contribution in [0.25, 0.3) is 0 Å². The highest BCUT2D eigenvalue weighted by Gasteiger charge is 2.26. The average molecular weight is 228 g/mol. The normalized spacial score (nSPS) is 22.9. The van der Waals surface area contributed by atoms with Gasteiger partial charge in [-0.1, -0.05) is 30.3 Å². The van der Waals surface area contributed by atoms with Crippen molar-refractivity contribution in [2.45, 2.75) is 25.4 Å². The Morgan fingerprint density at radius 2 is 2.24 bits per heavy atom. The Labute approximate surface area is 104 Å². The molecule has 1 heterocycles. The Hall–Kier alpha value is -1.30. The second-order valence-electron chi connectivity index (χ2n) is 4.63. The summed E-state index contributed by atoms with van der Waals surface area (Å²) in [6.45, 7) is 5.36. The van der Waals surface area contributed by atoms with Gasteiger partial charge in [-0.25, -0.2) is 0 Å². The molecule has 1 aromatic rings. The van der Waals surface area contributed by atoms with Gasteiger partial charge < -0.3 is 5.32 Å². The predicted molar refractivity (Wildman–Crippen MR) is 71.7 cm³/mol. The van der Waals surface area contributed by atoms with E-state index in [1.165, 1.54) is 5.56 Å². The lowest BCUT2D eigenvalue weighted by Gasteiger charge is -2.40. The van der Waals surface area contributed by atoms with E-state index in [1.807, 2.05) is 0 Å². The van der Waals surface area contributed by atoms with Gasteiger partial charge in [-0.05, 0) is 12.5 Å². The number of rotatable bonds is 3. The standard InChI is InChI=1S/C15H20N2/c1-3-7-13(2)17-11-10-16-12-15(17)14-8-5-4-6-9-14/h1,4-6,8-9,13,15-16H,7,10-12H2,2H3. The summed E-state index contributed by atoms with van der Waals surface area (Å²) in [4.78, 5) is 2.52. The fourth-order valence-electron chi connectivity index (χ4n) is 2.52. The summed E-state index contributed by atoms with van der Waals surface area (Å²) in [6, 6.07) is 11.6. The molecule has 17 heavy (non-hydrogen) atoms. The number of hydrogen-bond donors (Lipinski definition) is 1. The lowest BCUT2D eigenvalue weighted by molar-refractivity contribution is 0.117. The van der Waals surface area contributed by atoms with Crippen molar-refractivity contribution in [1.82, 2.24) is 10.2 Å². The van der Waals surface area contributed by atoms with Crippen LogP contribution < -0.4 is 5.32 Å². The molecule has 1 aliphatic rings. The molecule has 0 bridgehead atoms. The third-order valence-electron chi connectivity index (χ3n) is 3.45. The summed E-state index contributed by atoms with van der Waals surface area (Å²) >= 11 is 0. The van der Waals surface area contributed by atoms with Crippen molar-refractivity contribution < 1.29 is 0 Å². The number of benzene rings is 1. The highest BCUT2D eigenvalue weighted by atomic mass is 15.2. The monoisotopic (exact) mass is 228 g/mol. The molecule has 2 heteroatoms. The summed E-state index contributed by atoms with van der Waals surface area (Å²) in [5.74, 6) is 2.77. The zero-order valence-electron chi connectivity index (χ0n) is 10.4. The van der Waals surface area contributed by atoms with E-state index < -0.39 is 0 Å². The van der Waals surface area contributed by atoms with Crippen molar-refractivity contribution in [3.8, 4) is 12.3 Å². The van der Waals surface area contributed by atoms with E-state index in [0.29, 0.717) is 12.1 Å². The SMILES string of the molecule is C#CCC(C)N1CCNCC1c1ccccc1. The van der Waals surface area contributed by atoms with Crippen molar-refractivity contribution in [3.05, 3.63) is 35.9 Å². The Morgan fingerprint density at radius 1 is 1.47 bits per heavy atom. The van der Waals surface area contributed by atoms with E-state index in [1.54, 1.807) is 0 Å². The van der Waals surface area contributed by atoms with E-state index in [2.05, 4.69) is 53.4 Å². The molecule has 0 aromatic heterocycles. The zero-order valence-corrected chi connectivity index (χ0v) is 10.4. The first-order valence-corrected chi connectivity index (χ1v) is 6.28. The van der Waals surface area contributed by atoms with Crippen molar-refractivity contribution in [1.29, 1.82) is 0 Å². The van der Waals surface area contributed by atoms with Crippen molar-refractivity contribution in [2.24, 2.45) is 0 Å². The van der Waals surface area contributed by atoms with Crippen LogP contribution in [-0.2, 0) is 0 Å². The summed E-state index contributed by atoms with van der Waals surface area (Å²) < 4.78 is 0. The average Bonchev–Trinajstić information content (AvgIpc) is 2.40. The molecule has 1 fully saturated rings. The van der Waals surface area contributed by atoms with Crippen LogP contribution >= 0.6 is 0 Å². The number of nitrogens with zero attached hydrogens (tertiary/aromatic N) is 1. The highest BCUT2D eigenvalue weighted by Crippen LogP contribution is 2.24. The Bertz CT molecular complexity index is 380. The van der Waals surface area contributed by atoms with E-state index in [-0.39, 0.29) is 0 Å². The third kappa shape index (κ3) is 2.88. The first-order valence-electron chi connectivity index (χ1n) is 6.28. The lowest BCUT2D eigenvalue weighted by Crippen LogP contribution is -2.49. The number of nitrogens with one attached hydrogen (secondary N) is 1. The van der Waals surface area contributed by atoms with Crippen LogP contribution in [0.3, 0.4) is 0 Å². The van der Waals surface area contributed by atoms with Gasteiger partial charge in [-0.3, -0.25) is 4.90 Å². The van der Waals surface area contributed by atoms with Crippen molar-refractivity contribution in [2.75, 3.05) is 19.6 Å². The van der Waals surface area contributed by atoms with E-state index in [0.717, 1.165) is 26.1 Å². The zero-order chi connectivity index (χ0) is 12.1. The summed E-state index contributed by atoms with van der Waals surface area (Å²) in [6.07, 6.45) is 6.25. The fourth-order valence-corrected chi connectivity index (χ4v) is 2.52. The van der Waals surface area contributed by atoms with Gasteiger partial charge in [0.2, 0.25) is 0 Å². The molecular formula is C15H20N2. The van der Waals surface area contributed by atoms with Crippen molar-refractivity contribution in [3.63, 3.8) is 0 Å². The van der Waals surface area contributed by atoms with E-state index >= 15 is 0 Å². The van der Waals surface area contributed by atoms with Gasteiger partial charge in [0.1, 0.15) is 0 Å². The maximum absolute atomic E-state index is 5.43. The summed E-state index contributed by atoms with van der Waals surface area (Å²) in [7, 11) is 0. The van der Waals surface area contributed by atoms with Crippen LogP contribution in [0.1, 0.15) is 24.9 Å². The minimum atomic E-state index is 0.451. The van der Waals surface area contributed by atoms with E-state index in [4.69, 9.17) is 6.42 Å². The fraction of sp³-hybridized carbons (Fsp3) is 0.467. The molecule has 1 aliphatic heterocycles. The molecule has 0 saturated carbocycles. The first kappa shape index (κ1) is 12.2. The van der Waals surface area contributed by atoms with Gasteiger partial charge in [0, 0.05) is 38.1 Å². The van der Waals surface area contributed by atoms with Gasteiger partial charge in [-0.15, -0.1) is 12.3 Å². The molecule has 0 radical (unpaired) electrons. The second-order valence-corrected chi connectivity index (χ2v) is 4.63. The molecule has 90 valence electrons. The Balaban J connectivity index is 2.15. The minimum Gasteiger partial charge on any atom is -0.314 e. The molecule has 1 aromatic carbocycles. The molecular weight excluding hydrogens is 208 g/mol. The van der Waals surface area contributed by atoms with Crippen LogP contribution in [0.4, 0.5) is 0 Å².